The van der Waals surface area contributed by atoms with Crippen LogP contribution in [-0.4, -0.2) is 32.2 Å². The predicted molar refractivity (Wildman–Crippen MR) is 119 cm³/mol. The third-order valence-corrected chi connectivity index (χ3v) is 4.92. The maximum atomic E-state index is 12.7. The van der Waals surface area contributed by atoms with Gasteiger partial charge in [0.1, 0.15) is 11.3 Å². The fourth-order valence-electron chi connectivity index (χ4n) is 3.15. The molecule has 8 heteroatoms. The van der Waals surface area contributed by atoms with E-state index in [1.807, 2.05) is 6.07 Å². The summed E-state index contributed by atoms with van der Waals surface area (Å²) in [6, 6.07) is 15.5. The number of carbonyl (C=O) groups excluding carboxylic acids is 1. The van der Waals surface area contributed by atoms with Crippen LogP contribution in [0.25, 0.3) is 22.6 Å². The van der Waals surface area contributed by atoms with Crippen molar-refractivity contribution in [2.75, 3.05) is 26.6 Å². The van der Waals surface area contributed by atoms with E-state index in [9.17, 15) is 4.79 Å². The molecule has 0 bridgehead atoms. The average Bonchev–Trinajstić information content (AvgIpc) is 3.22. The van der Waals surface area contributed by atoms with Crippen molar-refractivity contribution in [3.05, 3.63) is 65.2 Å². The number of hydrogen-bond acceptors (Lipinski definition) is 6. The van der Waals surface area contributed by atoms with Gasteiger partial charge in [-0.25, -0.2) is 4.98 Å². The lowest BCUT2D eigenvalue weighted by atomic mass is 10.1. The van der Waals surface area contributed by atoms with Gasteiger partial charge in [0.2, 0.25) is 5.89 Å². The number of hydrogen-bond donors (Lipinski definition) is 1. The number of carbonyl (C=O) groups is 1. The second-order valence-corrected chi connectivity index (χ2v) is 7.01. The summed E-state index contributed by atoms with van der Waals surface area (Å²) in [7, 11) is 4.64. The largest absolute Gasteiger partial charge is 0.496 e. The number of fused-ring (bicyclic) bond motifs is 1. The smallest absolute Gasteiger partial charge is 0.259 e. The van der Waals surface area contributed by atoms with Crippen molar-refractivity contribution in [2.45, 2.75) is 0 Å². The third kappa shape index (κ3) is 4.13. The Bertz CT molecular complexity index is 1270. The number of nitrogens with zero attached hydrogens (tertiary/aromatic N) is 1. The van der Waals surface area contributed by atoms with E-state index < -0.39 is 0 Å². The van der Waals surface area contributed by atoms with Crippen molar-refractivity contribution in [1.82, 2.24) is 4.98 Å². The minimum atomic E-state index is -0.345. The summed E-state index contributed by atoms with van der Waals surface area (Å²) in [6.45, 7) is 0. The van der Waals surface area contributed by atoms with Crippen LogP contribution in [0.1, 0.15) is 10.4 Å². The Morgan fingerprint density at radius 1 is 0.903 bits per heavy atom. The Morgan fingerprint density at radius 2 is 1.65 bits per heavy atom. The molecule has 31 heavy (non-hydrogen) atoms. The molecule has 4 rings (SSSR count). The normalized spacial score (nSPS) is 10.7. The summed E-state index contributed by atoms with van der Waals surface area (Å²) in [5, 5.41) is 3.28. The molecule has 3 aromatic carbocycles. The molecular formula is C23H19ClN2O5. The zero-order chi connectivity index (χ0) is 22.0. The van der Waals surface area contributed by atoms with Crippen molar-refractivity contribution in [3.8, 4) is 28.7 Å². The van der Waals surface area contributed by atoms with Crippen molar-refractivity contribution < 1.29 is 23.4 Å². The third-order valence-electron chi connectivity index (χ3n) is 4.68. The van der Waals surface area contributed by atoms with Gasteiger partial charge in [-0.15, -0.1) is 0 Å². The minimum Gasteiger partial charge on any atom is -0.496 e. The number of rotatable bonds is 6. The molecule has 1 heterocycles. The SMILES string of the molecule is COc1ccc(-c2nc3cc(NC(=O)c4cc(Cl)ccc4OC)ccc3o2)cc1OC. The molecule has 0 fully saturated rings. The van der Waals surface area contributed by atoms with E-state index in [2.05, 4.69) is 10.3 Å². The number of oxazole rings is 1. The highest BCUT2D eigenvalue weighted by molar-refractivity contribution is 6.31. The van der Waals surface area contributed by atoms with E-state index in [1.54, 1.807) is 62.8 Å². The molecule has 0 saturated carbocycles. The fraction of sp³-hybridized carbons (Fsp3) is 0.130. The summed E-state index contributed by atoms with van der Waals surface area (Å²) in [5.41, 5.74) is 2.82. The molecule has 0 aliphatic rings. The summed E-state index contributed by atoms with van der Waals surface area (Å²) in [5.74, 6) is 1.70. The Hall–Kier alpha value is -3.71. The zero-order valence-corrected chi connectivity index (χ0v) is 17.8. The molecule has 4 aromatic rings. The van der Waals surface area contributed by atoms with E-state index in [0.29, 0.717) is 50.5 Å². The molecule has 1 N–H and O–H groups in total. The summed E-state index contributed by atoms with van der Waals surface area (Å²) in [4.78, 5) is 17.3. The van der Waals surface area contributed by atoms with Crippen LogP contribution in [0.5, 0.6) is 17.2 Å². The first-order valence-electron chi connectivity index (χ1n) is 9.30. The van der Waals surface area contributed by atoms with Gasteiger partial charge in [0.25, 0.3) is 5.91 Å². The highest BCUT2D eigenvalue weighted by Crippen LogP contribution is 2.33. The first kappa shape index (κ1) is 20.6. The molecule has 0 aliphatic carbocycles. The zero-order valence-electron chi connectivity index (χ0n) is 17.1. The van der Waals surface area contributed by atoms with Gasteiger partial charge in [-0.3, -0.25) is 4.79 Å². The molecule has 0 unspecified atom stereocenters. The predicted octanol–water partition coefficient (Wildman–Crippen LogP) is 5.43. The molecule has 1 amide bonds. The van der Waals surface area contributed by atoms with E-state index in [0.717, 1.165) is 5.56 Å². The molecule has 0 spiro atoms. The number of benzene rings is 3. The Kier molecular flexibility index (Phi) is 5.68. The highest BCUT2D eigenvalue weighted by atomic mass is 35.5. The van der Waals surface area contributed by atoms with E-state index in [1.165, 1.54) is 7.11 Å². The number of anilines is 1. The molecule has 0 atom stereocenters. The van der Waals surface area contributed by atoms with Crippen LogP contribution >= 0.6 is 11.6 Å². The lowest BCUT2D eigenvalue weighted by Gasteiger charge is -2.09. The topological polar surface area (TPSA) is 82.8 Å². The van der Waals surface area contributed by atoms with Crippen LogP contribution < -0.4 is 19.5 Å². The average molecular weight is 439 g/mol. The van der Waals surface area contributed by atoms with Gasteiger partial charge in [-0.2, -0.15) is 0 Å². The number of nitrogens with one attached hydrogen (secondary N) is 1. The summed E-state index contributed by atoms with van der Waals surface area (Å²) >= 11 is 6.03. The van der Waals surface area contributed by atoms with Gasteiger partial charge in [0.05, 0.1) is 26.9 Å². The summed E-state index contributed by atoms with van der Waals surface area (Å²) in [6.07, 6.45) is 0. The minimum absolute atomic E-state index is 0.335. The maximum absolute atomic E-state index is 12.7. The van der Waals surface area contributed by atoms with Gasteiger partial charge in [0.15, 0.2) is 17.1 Å². The van der Waals surface area contributed by atoms with Crippen molar-refractivity contribution in [2.24, 2.45) is 0 Å². The lowest BCUT2D eigenvalue weighted by Crippen LogP contribution is -2.13. The first-order valence-corrected chi connectivity index (χ1v) is 9.68. The number of ether oxygens (including phenoxy) is 3. The molecule has 0 radical (unpaired) electrons. The molecule has 158 valence electrons. The Labute approximate surface area is 183 Å². The van der Waals surface area contributed by atoms with Crippen LogP contribution in [0.2, 0.25) is 5.02 Å². The van der Waals surface area contributed by atoms with Crippen LogP contribution in [0.15, 0.2) is 59.0 Å². The van der Waals surface area contributed by atoms with Crippen LogP contribution in [0, 0.1) is 0 Å². The monoisotopic (exact) mass is 438 g/mol. The van der Waals surface area contributed by atoms with Crippen LogP contribution in [0.4, 0.5) is 5.69 Å². The standard InChI is InChI=1S/C23H19ClN2O5/c1-28-18-8-5-14(24)11-16(18)22(27)25-15-6-9-19-17(12-15)26-23(31-19)13-4-7-20(29-2)21(10-13)30-3/h4-12H,1-3H3,(H,25,27). The highest BCUT2D eigenvalue weighted by Gasteiger charge is 2.15. The number of halogens is 1. The molecule has 0 aliphatic heterocycles. The lowest BCUT2D eigenvalue weighted by molar-refractivity contribution is 0.102. The second-order valence-electron chi connectivity index (χ2n) is 6.57. The van der Waals surface area contributed by atoms with Gasteiger partial charge in [0, 0.05) is 16.3 Å². The van der Waals surface area contributed by atoms with Crippen molar-refractivity contribution >= 4 is 34.3 Å². The number of aromatic nitrogens is 1. The van der Waals surface area contributed by atoms with Gasteiger partial charge in [-0.05, 0) is 54.6 Å². The molecular weight excluding hydrogens is 420 g/mol. The molecule has 0 saturated heterocycles. The first-order chi connectivity index (χ1) is 15.0. The number of amides is 1. The van der Waals surface area contributed by atoms with Crippen LogP contribution in [-0.2, 0) is 0 Å². The quantitative estimate of drug-likeness (QED) is 0.432. The van der Waals surface area contributed by atoms with Gasteiger partial charge >= 0.3 is 0 Å². The van der Waals surface area contributed by atoms with Crippen LogP contribution in [0.3, 0.4) is 0 Å². The van der Waals surface area contributed by atoms with Gasteiger partial charge < -0.3 is 23.9 Å². The van der Waals surface area contributed by atoms with E-state index >= 15 is 0 Å². The second kappa shape index (κ2) is 8.57. The Balaban J connectivity index is 1.63. The Morgan fingerprint density at radius 3 is 2.39 bits per heavy atom. The van der Waals surface area contributed by atoms with Crippen molar-refractivity contribution in [3.63, 3.8) is 0 Å². The summed E-state index contributed by atoms with van der Waals surface area (Å²) < 4.78 is 21.7. The van der Waals surface area contributed by atoms with E-state index in [-0.39, 0.29) is 5.91 Å². The molecule has 7 nitrogen and oxygen atoms in total. The van der Waals surface area contributed by atoms with Crippen molar-refractivity contribution in [1.29, 1.82) is 0 Å². The van der Waals surface area contributed by atoms with E-state index in [4.69, 9.17) is 30.2 Å². The maximum Gasteiger partial charge on any atom is 0.259 e. The van der Waals surface area contributed by atoms with Gasteiger partial charge in [-0.1, -0.05) is 11.6 Å². The fourth-order valence-corrected chi connectivity index (χ4v) is 3.33. The number of methoxy groups -OCH3 is 3. The molecule has 1 aromatic heterocycles.